The first kappa shape index (κ1) is 21.9. The number of hydrogen-bond donors (Lipinski definition) is 2. The Labute approximate surface area is 163 Å². The zero-order chi connectivity index (χ0) is 20.2. The molecular formula is C20H33NO5Si. The molecular weight excluding hydrogens is 362 g/mol. The van der Waals surface area contributed by atoms with Crippen molar-refractivity contribution in [3.8, 4) is 0 Å². The highest BCUT2D eigenvalue weighted by Gasteiger charge is 2.46. The lowest BCUT2D eigenvalue weighted by molar-refractivity contribution is 0.0105. The lowest BCUT2D eigenvalue weighted by atomic mass is 10.00. The van der Waals surface area contributed by atoms with E-state index in [9.17, 15) is 15.0 Å². The Kier molecular flexibility index (Phi) is 7.07. The third-order valence-corrected chi connectivity index (χ3v) is 10.2. The monoisotopic (exact) mass is 395 g/mol. The van der Waals surface area contributed by atoms with Crippen LogP contribution in [0.4, 0.5) is 4.79 Å². The van der Waals surface area contributed by atoms with E-state index in [-0.39, 0.29) is 30.3 Å². The van der Waals surface area contributed by atoms with Gasteiger partial charge in [-0.05, 0) is 23.7 Å². The fraction of sp³-hybridized carbons (Fsp3) is 0.650. The second-order valence-electron chi connectivity index (χ2n) is 8.78. The molecule has 152 valence electrons. The Balaban J connectivity index is 2.04. The SMILES string of the molecule is CC(C)(C)[Si](C)(C)O[C@@H]1CN(C(=O)OCc2ccccc2)C[C@H]1[C@@H](O)CO. The lowest BCUT2D eigenvalue weighted by Gasteiger charge is -2.40. The topological polar surface area (TPSA) is 79.2 Å². The van der Waals surface area contributed by atoms with Crippen LogP contribution < -0.4 is 0 Å². The minimum absolute atomic E-state index is 0.0168. The fourth-order valence-electron chi connectivity index (χ4n) is 2.94. The second-order valence-corrected chi connectivity index (χ2v) is 13.5. The Morgan fingerprint density at radius 1 is 1.26 bits per heavy atom. The van der Waals surface area contributed by atoms with Gasteiger partial charge in [-0.3, -0.25) is 0 Å². The summed E-state index contributed by atoms with van der Waals surface area (Å²) in [5.41, 5.74) is 0.922. The largest absolute Gasteiger partial charge is 0.445 e. The molecule has 1 aliphatic rings. The van der Waals surface area contributed by atoms with Gasteiger partial charge in [-0.1, -0.05) is 51.1 Å². The van der Waals surface area contributed by atoms with E-state index < -0.39 is 20.5 Å². The van der Waals surface area contributed by atoms with Crippen LogP contribution in [0.2, 0.25) is 18.1 Å². The number of ether oxygens (including phenoxy) is 1. The van der Waals surface area contributed by atoms with Crippen LogP contribution in [0.5, 0.6) is 0 Å². The maximum atomic E-state index is 12.5. The summed E-state index contributed by atoms with van der Waals surface area (Å²) in [5, 5.41) is 19.7. The molecule has 0 radical (unpaired) electrons. The molecule has 0 spiro atoms. The van der Waals surface area contributed by atoms with Gasteiger partial charge in [0.05, 0.1) is 18.8 Å². The first-order valence-electron chi connectivity index (χ1n) is 9.47. The van der Waals surface area contributed by atoms with E-state index in [0.29, 0.717) is 13.1 Å². The zero-order valence-corrected chi connectivity index (χ0v) is 18.0. The van der Waals surface area contributed by atoms with Crippen molar-refractivity contribution < 1.29 is 24.2 Å². The van der Waals surface area contributed by atoms with Crippen LogP contribution in [-0.4, -0.2) is 61.4 Å². The number of rotatable bonds is 6. The number of benzene rings is 1. The van der Waals surface area contributed by atoms with Gasteiger partial charge in [0, 0.05) is 19.0 Å². The molecule has 2 rings (SSSR count). The van der Waals surface area contributed by atoms with Gasteiger partial charge in [0.1, 0.15) is 6.61 Å². The molecule has 1 aliphatic heterocycles. The number of carbonyl (C=O) groups is 1. The third-order valence-electron chi connectivity index (χ3n) is 5.71. The molecule has 0 aromatic heterocycles. The molecule has 0 saturated carbocycles. The number of aliphatic hydroxyl groups excluding tert-OH is 2. The zero-order valence-electron chi connectivity index (χ0n) is 17.0. The van der Waals surface area contributed by atoms with Crippen molar-refractivity contribution in [3.05, 3.63) is 35.9 Å². The van der Waals surface area contributed by atoms with E-state index in [2.05, 4.69) is 33.9 Å². The molecule has 1 fully saturated rings. The van der Waals surface area contributed by atoms with Crippen LogP contribution in [0, 0.1) is 5.92 Å². The molecule has 1 heterocycles. The van der Waals surface area contributed by atoms with Crippen LogP contribution in [0.1, 0.15) is 26.3 Å². The van der Waals surface area contributed by atoms with Crippen molar-refractivity contribution in [2.75, 3.05) is 19.7 Å². The predicted octanol–water partition coefficient (Wildman–Crippen LogP) is 3.00. The smallest absolute Gasteiger partial charge is 0.410 e. The Bertz CT molecular complexity index is 617. The summed E-state index contributed by atoms with van der Waals surface area (Å²) in [6.45, 7) is 11.3. The van der Waals surface area contributed by atoms with Gasteiger partial charge >= 0.3 is 6.09 Å². The standard InChI is InChI=1S/C20H33NO5Si/c1-20(2,3)27(4,5)26-18-12-21(11-16(18)17(23)13-22)19(24)25-14-15-9-7-6-8-10-15/h6-10,16-18,22-23H,11-14H2,1-5H3/t16-,17-,18+/m0/s1. The molecule has 0 unspecified atom stereocenters. The van der Waals surface area contributed by atoms with Gasteiger partial charge in [-0.2, -0.15) is 0 Å². The maximum absolute atomic E-state index is 12.5. The van der Waals surface area contributed by atoms with Gasteiger partial charge in [-0.25, -0.2) is 4.79 Å². The summed E-state index contributed by atoms with van der Waals surface area (Å²) in [5.74, 6) is -0.326. The number of carbonyl (C=O) groups excluding carboxylic acids is 1. The maximum Gasteiger partial charge on any atom is 0.410 e. The normalized spacial score (nSPS) is 22.0. The number of likely N-dealkylation sites (tertiary alicyclic amines) is 1. The van der Waals surface area contributed by atoms with E-state index in [4.69, 9.17) is 9.16 Å². The molecule has 3 atom stereocenters. The van der Waals surface area contributed by atoms with Gasteiger partial charge < -0.3 is 24.3 Å². The molecule has 27 heavy (non-hydrogen) atoms. The van der Waals surface area contributed by atoms with Crippen molar-refractivity contribution >= 4 is 14.4 Å². The van der Waals surface area contributed by atoms with Crippen LogP contribution in [-0.2, 0) is 15.8 Å². The first-order chi connectivity index (χ1) is 12.5. The highest BCUT2D eigenvalue weighted by atomic mass is 28.4. The second kappa shape index (κ2) is 8.73. The minimum atomic E-state index is -2.08. The first-order valence-corrected chi connectivity index (χ1v) is 12.4. The lowest BCUT2D eigenvalue weighted by Crippen LogP contribution is -2.47. The van der Waals surface area contributed by atoms with E-state index in [0.717, 1.165) is 5.56 Å². The van der Waals surface area contributed by atoms with E-state index in [1.54, 1.807) is 4.90 Å². The van der Waals surface area contributed by atoms with Crippen LogP contribution in [0.25, 0.3) is 0 Å². The molecule has 7 heteroatoms. The van der Waals surface area contributed by atoms with Gasteiger partial charge in [0.25, 0.3) is 0 Å². The highest BCUT2D eigenvalue weighted by molar-refractivity contribution is 6.74. The van der Waals surface area contributed by atoms with Crippen LogP contribution in [0.15, 0.2) is 30.3 Å². The molecule has 1 aromatic carbocycles. The van der Waals surface area contributed by atoms with Crippen molar-refractivity contribution in [1.82, 2.24) is 4.90 Å². The Morgan fingerprint density at radius 2 is 1.89 bits per heavy atom. The number of hydrogen-bond acceptors (Lipinski definition) is 5. The quantitative estimate of drug-likeness (QED) is 0.724. The molecule has 1 saturated heterocycles. The summed E-state index contributed by atoms with van der Waals surface area (Å²) in [6, 6.07) is 9.51. The molecule has 2 N–H and O–H groups in total. The van der Waals surface area contributed by atoms with Crippen molar-refractivity contribution in [2.24, 2.45) is 5.92 Å². The Hall–Kier alpha value is -1.41. The fourth-order valence-corrected chi connectivity index (χ4v) is 4.30. The minimum Gasteiger partial charge on any atom is -0.445 e. The average molecular weight is 396 g/mol. The van der Waals surface area contributed by atoms with Gasteiger partial charge in [0.15, 0.2) is 8.32 Å². The number of nitrogens with zero attached hydrogens (tertiary/aromatic N) is 1. The molecule has 1 aromatic rings. The Morgan fingerprint density at radius 3 is 2.44 bits per heavy atom. The van der Waals surface area contributed by atoms with Crippen LogP contribution in [0.3, 0.4) is 0 Å². The summed E-state index contributed by atoms with van der Waals surface area (Å²) in [4.78, 5) is 14.1. The van der Waals surface area contributed by atoms with Gasteiger partial charge in [0.2, 0.25) is 0 Å². The van der Waals surface area contributed by atoms with Gasteiger partial charge in [-0.15, -0.1) is 0 Å². The summed E-state index contributed by atoms with van der Waals surface area (Å²) < 4.78 is 11.9. The summed E-state index contributed by atoms with van der Waals surface area (Å²) >= 11 is 0. The summed E-state index contributed by atoms with van der Waals surface area (Å²) in [6.07, 6.45) is -1.65. The third kappa shape index (κ3) is 5.54. The average Bonchev–Trinajstić information content (AvgIpc) is 3.02. The van der Waals surface area contributed by atoms with Crippen molar-refractivity contribution in [2.45, 2.75) is 57.7 Å². The van der Waals surface area contributed by atoms with E-state index in [1.807, 2.05) is 30.3 Å². The van der Waals surface area contributed by atoms with Crippen molar-refractivity contribution in [1.29, 1.82) is 0 Å². The van der Waals surface area contributed by atoms with Crippen LogP contribution >= 0.6 is 0 Å². The van der Waals surface area contributed by atoms with E-state index in [1.165, 1.54) is 0 Å². The molecule has 0 aliphatic carbocycles. The molecule has 6 nitrogen and oxygen atoms in total. The van der Waals surface area contributed by atoms with E-state index >= 15 is 0 Å². The number of amides is 1. The predicted molar refractivity (Wildman–Crippen MR) is 107 cm³/mol. The molecule has 1 amide bonds. The summed E-state index contributed by atoms with van der Waals surface area (Å²) in [7, 11) is -2.08. The van der Waals surface area contributed by atoms with Crippen molar-refractivity contribution in [3.63, 3.8) is 0 Å². The molecule has 0 bridgehead atoms. The number of aliphatic hydroxyl groups is 2. The highest BCUT2D eigenvalue weighted by Crippen LogP contribution is 2.39.